The SMILES string of the molecule is COc1cc([C@@H]2Nc3c(Cl)ccc(Cl)c3[C@@H]3C=CC[C@@H]32)cc(Br)c1OCc1ccc(Cl)cc1Cl. The smallest absolute Gasteiger partial charge is 0.175 e. The summed E-state index contributed by atoms with van der Waals surface area (Å²) in [6, 6.07) is 13.1. The molecule has 3 nitrogen and oxygen atoms in total. The van der Waals surface area contributed by atoms with Crippen LogP contribution in [0.25, 0.3) is 0 Å². The summed E-state index contributed by atoms with van der Waals surface area (Å²) in [5.74, 6) is 1.73. The van der Waals surface area contributed by atoms with Gasteiger partial charge in [0.15, 0.2) is 11.5 Å². The van der Waals surface area contributed by atoms with E-state index in [4.69, 9.17) is 55.9 Å². The monoisotopic (exact) mass is 597 g/mol. The molecule has 0 unspecified atom stereocenters. The average Bonchev–Trinajstić information content (AvgIpc) is 3.30. The van der Waals surface area contributed by atoms with E-state index in [2.05, 4.69) is 39.5 Å². The van der Waals surface area contributed by atoms with Crippen LogP contribution in [0.1, 0.15) is 35.1 Å². The molecule has 3 aromatic carbocycles. The maximum atomic E-state index is 6.58. The molecular weight excluding hydrogens is 580 g/mol. The van der Waals surface area contributed by atoms with Crippen LogP contribution in [0.3, 0.4) is 0 Å². The fraction of sp³-hybridized carbons (Fsp3) is 0.231. The van der Waals surface area contributed by atoms with Crippen LogP contribution in [0, 0.1) is 5.92 Å². The normalized spacial score (nSPS) is 20.5. The summed E-state index contributed by atoms with van der Waals surface area (Å²) >= 11 is 29.2. The number of methoxy groups -OCH3 is 1. The number of rotatable bonds is 5. The van der Waals surface area contributed by atoms with E-state index >= 15 is 0 Å². The van der Waals surface area contributed by atoms with Crippen molar-refractivity contribution in [3.05, 3.63) is 95.9 Å². The highest BCUT2D eigenvalue weighted by molar-refractivity contribution is 9.10. The number of ether oxygens (including phenoxy) is 2. The van der Waals surface area contributed by atoms with Crippen LogP contribution in [-0.4, -0.2) is 7.11 Å². The number of hydrogen-bond acceptors (Lipinski definition) is 3. The minimum Gasteiger partial charge on any atom is -0.493 e. The number of benzene rings is 3. The third-order valence-electron chi connectivity index (χ3n) is 6.41. The predicted molar refractivity (Wildman–Crippen MR) is 144 cm³/mol. The molecule has 0 saturated carbocycles. The molecule has 0 saturated heterocycles. The van der Waals surface area contributed by atoms with Crippen LogP contribution in [0.15, 0.2) is 59.1 Å². The van der Waals surface area contributed by atoms with Crippen molar-refractivity contribution < 1.29 is 9.47 Å². The molecule has 1 heterocycles. The molecule has 0 radical (unpaired) electrons. The predicted octanol–water partition coefficient (Wildman–Crippen LogP) is 9.48. The molecule has 0 spiro atoms. The van der Waals surface area contributed by atoms with Crippen LogP contribution in [-0.2, 0) is 6.61 Å². The highest BCUT2D eigenvalue weighted by Gasteiger charge is 2.40. The first-order chi connectivity index (χ1) is 16.4. The Bertz CT molecular complexity index is 1300. The van der Waals surface area contributed by atoms with Gasteiger partial charge in [0.05, 0.1) is 28.3 Å². The molecule has 1 N–H and O–H groups in total. The Kier molecular flexibility index (Phi) is 6.98. The van der Waals surface area contributed by atoms with Crippen molar-refractivity contribution in [2.45, 2.75) is 25.0 Å². The zero-order valence-electron chi connectivity index (χ0n) is 18.0. The summed E-state index contributed by atoms with van der Waals surface area (Å²) in [5.41, 5.74) is 3.86. The van der Waals surface area contributed by atoms with Crippen molar-refractivity contribution in [2.75, 3.05) is 12.4 Å². The molecule has 1 aliphatic heterocycles. The van der Waals surface area contributed by atoms with E-state index in [0.717, 1.165) is 38.3 Å². The molecule has 2 aliphatic rings. The van der Waals surface area contributed by atoms with Crippen LogP contribution in [0.5, 0.6) is 11.5 Å². The molecule has 0 fully saturated rings. The second-order valence-electron chi connectivity index (χ2n) is 8.35. The van der Waals surface area contributed by atoms with Crippen LogP contribution < -0.4 is 14.8 Å². The Hall–Kier alpha value is -1.56. The van der Waals surface area contributed by atoms with E-state index in [1.165, 1.54) is 0 Å². The fourth-order valence-electron chi connectivity index (χ4n) is 4.81. The van der Waals surface area contributed by atoms with Crippen molar-refractivity contribution in [2.24, 2.45) is 5.92 Å². The fourth-order valence-corrected chi connectivity index (χ4v) is 6.35. The first-order valence-electron chi connectivity index (χ1n) is 10.7. The third-order valence-corrected chi connectivity index (χ3v) is 8.23. The summed E-state index contributed by atoms with van der Waals surface area (Å²) < 4.78 is 12.6. The zero-order chi connectivity index (χ0) is 24.0. The van der Waals surface area contributed by atoms with Gasteiger partial charge < -0.3 is 14.8 Å². The van der Waals surface area contributed by atoms with Crippen LogP contribution in [0.4, 0.5) is 5.69 Å². The van der Waals surface area contributed by atoms with Gasteiger partial charge in [-0.25, -0.2) is 0 Å². The van der Waals surface area contributed by atoms with E-state index in [9.17, 15) is 0 Å². The van der Waals surface area contributed by atoms with Gasteiger partial charge in [-0.05, 0) is 70.2 Å². The lowest BCUT2D eigenvalue weighted by molar-refractivity contribution is 0.282. The maximum absolute atomic E-state index is 6.58. The average molecular weight is 600 g/mol. The van der Waals surface area contributed by atoms with Crippen molar-refractivity contribution in [1.29, 1.82) is 0 Å². The zero-order valence-corrected chi connectivity index (χ0v) is 22.7. The number of nitrogens with one attached hydrogen (secondary N) is 1. The lowest BCUT2D eigenvalue weighted by atomic mass is 9.77. The molecule has 0 amide bonds. The van der Waals surface area contributed by atoms with Gasteiger partial charge in [0.1, 0.15) is 6.61 Å². The van der Waals surface area contributed by atoms with Crippen LogP contribution in [0.2, 0.25) is 20.1 Å². The number of halogens is 5. The molecule has 3 aromatic rings. The van der Waals surface area contributed by atoms with Gasteiger partial charge >= 0.3 is 0 Å². The topological polar surface area (TPSA) is 30.5 Å². The Morgan fingerprint density at radius 1 is 1.00 bits per heavy atom. The molecule has 0 aromatic heterocycles. The van der Waals surface area contributed by atoms with Crippen LogP contribution >= 0.6 is 62.3 Å². The molecule has 34 heavy (non-hydrogen) atoms. The third kappa shape index (κ3) is 4.40. The summed E-state index contributed by atoms with van der Waals surface area (Å²) in [5, 5.41) is 6.19. The number of allylic oxidation sites excluding steroid dienone is 2. The van der Waals surface area contributed by atoms with Gasteiger partial charge in [-0.15, -0.1) is 0 Å². The summed E-state index contributed by atoms with van der Waals surface area (Å²) in [4.78, 5) is 0. The minimum atomic E-state index is 0.0217. The standard InChI is InChI=1S/C26H20BrCl4NO2/c1-33-22-10-14(9-18(27)26(22)34-12-13-5-6-15(28)11-21(13)31)24-17-4-2-3-16(17)23-19(29)7-8-20(30)25(23)32-24/h2-3,5-11,16-17,24,32H,4,12H2,1H3/t16-,17+,24+/m1/s1. The van der Waals surface area contributed by atoms with E-state index in [1.54, 1.807) is 19.2 Å². The second-order valence-corrected chi connectivity index (χ2v) is 10.9. The number of anilines is 1. The lowest BCUT2D eigenvalue weighted by Gasteiger charge is -2.38. The first kappa shape index (κ1) is 24.1. The lowest BCUT2D eigenvalue weighted by Crippen LogP contribution is -2.29. The molecule has 3 atom stereocenters. The Morgan fingerprint density at radius 3 is 2.56 bits per heavy atom. The summed E-state index contributed by atoms with van der Waals surface area (Å²) in [6.07, 6.45) is 5.40. The largest absolute Gasteiger partial charge is 0.493 e. The highest BCUT2D eigenvalue weighted by Crippen LogP contribution is 2.54. The highest BCUT2D eigenvalue weighted by atomic mass is 79.9. The van der Waals surface area contributed by atoms with Gasteiger partial charge in [-0.2, -0.15) is 0 Å². The molecule has 5 rings (SSSR count). The quantitative estimate of drug-likeness (QED) is 0.296. The Balaban J connectivity index is 1.48. The van der Waals surface area contributed by atoms with Crippen molar-refractivity contribution in [3.8, 4) is 11.5 Å². The molecule has 1 aliphatic carbocycles. The van der Waals surface area contributed by atoms with Crippen molar-refractivity contribution in [1.82, 2.24) is 0 Å². The summed E-state index contributed by atoms with van der Waals surface area (Å²) in [7, 11) is 1.63. The number of hydrogen-bond donors (Lipinski definition) is 1. The van der Waals surface area contributed by atoms with E-state index in [1.807, 2.05) is 24.3 Å². The Labute approximate surface area is 227 Å². The van der Waals surface area contributed by atoms with Crippen molar-refractivity contribution >= 4 is 68.0 Å². The maximum Gasteiger partial charge on any atom is 0.175 e. The molecular formula is C26H20BrCl4NO2. The summed E-state index contributed by atoms with van der Waals surface area (Å²) in [6.45, 7) is 0.280. The molecule has 176 valence electrons. The van der Waals surface area contributed by atoms with Gasteiger partial charge in [-0.1, -0.05) is 64.6 Å². The van der Waals surface area contributed by atoms with E-state index in [0.29, 0.717) is 32.5 Å². The molecule has 0 bridgehead atoms. The van der Waals surface area contributed by atoms with E-state index < -0.39 is 0 Å². The van der Waals surface area contributed by atoms with Gasteiger partial charge in [0, 0.05) is 32.1 Å². The van der Waals surface area contributed by atoms with E-state index in [-0.39, 0.29) is 18.6 Å². The second kappa shape index (κ2) is 9.83. The first-order valence-corrected chi connectivity index (χ1v) is 13.0. The molecule has 8 heteroatoms. The van der Waals surface area contributed by atoms with Crippen molar-refractivity contribution in [3.63, 3.8) is 0 Å². The Morgan fingerprint density at radius 2 is 1.79 bits per heavy atom. The van der Waals surface area contributed by atoms with Gasteiger partial charge in [0.25, 0.3) is 0 Å². The number of fused-ring (bicyclic) bond motifs is 3. The minimum absolute atomic E-state index is 0.0217. The van der Waals surface area contributed by atoms with Gasteiger partial charge in [-0.3, -0.25) is 0 Å². The van der Waals surface area contributed by atoms with Gasteiger partial charge in [0.2, 0.25) is 0 Å².